The molecule has 0 aliphatic rings. The van der Waals surface area contributed by atoms with E-state index in [0.717, 1.165) is 0 Å². The lowest BCUT2D eigenvalue weighted by Crippen LogP contribution is -2.34. The van der Waals surface area contributed by atoms with Crippen molar-refractivity contribution in [1.29, 1.82) is 0 Å². The fraction of sp³-hybridized carbons (Fsp3) is 0.333. The summed E-state index contributed by atoms with van der Waals surface area (Å²) in [7, 11) is 0. The van der Waals surface area contributed by atoms with E-state index in [2.05, 4.69) is 10.6 Å². The predicted octanol–water partition coefficient (Wildman–Crippen LogP) is 0.620. The Morgan fingerprint density at radius 1 is 1.24 bits per heavy atom. The number of halogens is 1. The number of carbonyl (C=O) groups is 2. The minimum absolute atomic E-state index is 0.135. The van der Waals surface area contributed by atoms with Crippen LogP contribution in [0.1, 0.15) is 12.5 Å². The van der Waals surface area contributed by atoms with Crippen LogP contribution in [-0.2, 0) is 16.0 Å². The Bertz CT molecular complexity index is 407. The zero-order chi connectivity index (χ0) is 12.7. The molecule has 0 aromatic heterocycles. The molecule has 0 saturated carbocycles. The van der Waals surface area contributed by atoms with Gasteiger partial charge >= 0.3 is 0 Å². The summed E-state index contributed by atoms with van der Waals surface area (Å²) < 4.78 is 12.8. The Hall–Kier alpha value is -1.91. The summed E-state index contributed by atoms with van der Waals surface area (Å²) in [5.74, 6) is -0.682. The first-order valence-corrected chi connectivity index (χ1v) is 5.33. The molecule has 0 atom stereocenters. The maximum absolute atomic E-state index is 12.8. The Kier molecular flexibility index (Phi) is 5.13. The van der Waals surface area contributed by atoms with Gasteiger partial charge in [-0.2, -0.15) is 0 Å². The fourth-order valence-corrected chi connectivity index (χ4v) is 1.34. The molecule has 4 nitrogen and oxygen atoms in total. The van der Waals surface area contributed by atoms with Crippen LogP contribution in [0.2, 0.25) is 0 Å². The average molecular weight is 238 g/mol. The van der Waals surface area contributed by atoms with E-state index >= 15 is 0 Å². The summed E-state index contributed by atoms with van der Waals surface area (Å²) in [6, 6.07) is 5.91. The number of rotatable bonds is 5. The van der Waals surface area contributed by atoms with E-state index in [4.69, 9.17) is 0 Å². The van der Waals surface area contributed by atoms with Crippen molar-refractivity contribution in [1.82, 2.24) is 10.6 Å². The molecule has 0 fully saturated rings. The summed E-state index contributed by atoms with van der Waals surface area (Å²) in [4.78, 5) is 22.0. The van der Waals surface area contributed by atoms with E-state index in [1.807, 2.05) is 0 Å². The van der Waals surface area contributed by atoms with E-state index < -0.39 is 0 Å². The SMILES string of the molecule is CC(=O)NCCNC(=O)Cc1cccc(F)c1. The molecule has 1 aromatic carbocycles. The van der Waals surface area contributed by atoms with Gasteiger partial charge in [-0.15, -0.1) is 0 Å². The topological polar surface area (TPSA) is 58.2 Å². The van der Waals surface area contributed by atoms with Gasteiger partial charge in [0.05, 0.1) is 6.42 Å². The molecule has 0 spiro atoms. The van der Waals surface area contributed by atoms with Gasteiger partial charge < -0.3 is 10.6 Å². The third-order valence-corrected chi connectivity index (χ3v) is 2.07. The highest BCUT2D eigenvalue weighted by atomic mass is 19.1. The lowest BCUT2D eigenvalue weighted by atomic mass is 10.1. The van der Waals surface area contributed by atoms with Crippen molar-refractivity contribution in [2.24, 2.45) is 0 Å². The maximum Gasteiger partial charge on any atom is 0.224 e. The second-order valence-corrected chi connectivity index (χ2v) is 3.64. The standard InChI is InChI=1S/C12H15FN2O2/c1-9(16)14-5-6-15-12(17)8-10-3-2-4-11(13)7-10/h2-4,7H,5-6,8H2,1H3,(H,14,16)(H,15,17). The number of amides is 2. The van der Waals surface area contributed by atoms with Crippen LogP contribution in [0.15, 0.2) is 24.3 Å². The molecule has 0 bridgehead atoms. The van der Waals surface area contributed by atoms with Crippen LogP contribution in [0.3, 0.4) is 0 Å². The average Bonchev–Trinajstić information content (AvgIpc) is 2.24. The molecule has 0 aliphatic carbocycles. The normalized spacial score (nSPS) is 9.76. The number of carbonyl (C=O) groups excluding carboxylic acids is 2. The zero-order valence-electron chi connectivity index (χ0n) is 9.63. The molecule has 1 aromatic rings. The van der Waals surface area contributed by atoms with Crippen LogP contribution in [0.5, 0.6) is 0 Å². The third kappa shape index (κ3) is 5.65. The number of hydrogen-bond acceptors (Lipinski definition) is 2. The van der Waals surface area contributed by atoms with Crippen molar-refractivity contribution in [3.63, 3.8) is 0 Å². The van der Waals surface area contributed by atoms with E-state index in [1.165, 1.54) is 19.1 Å². The van der Waals surface area contributed by atoms with Gasteiger partial charge in [0.25, 0.3) is 0 Å². The van der Waals surface area contributed by atoms with E-state index in [9.17, 15) is 14.0 Å². The van der Waals surface area contributed by atoms with Gasteiger partial charge in [-0.1, -0.05) is 12.1 Å². The van der Waals surface area contributed by atoms with E-state index in [-0.39, 0.29) is 24.1 Å². The molecule has 1 rings (SSSR count). The van der Waals surface area contributed by atoms with E-state index in [0.29, 0.717) is 18.7 Å². The molecule has 17 heavy (non-hydrogen) atoms. The molecule has 2 amide bonds. The Balaban J connectivity index is 2.27. The Morgan fingerprint density at radius 2 is 1.94 bits per heavy atom. The maximum atomic E-state index is 12.8. The van der Waals surface area contributed by atoms with Crippen molar-refractivity contribution in [2.75, 3.05) is 13.1 Å². The number of benzene rings is 1. The van der Waals surface area contributed by atoms with Crippen molar-refractivity contribution in [2.45, 2.75) is 13.3 Å². The predicted molar refractivity (Wildman–Crippen MR) is 61.8 cm³/mol. The van der Waals surface area contributed by atoms with Gasteiger partial charge in [0.15, 0.2) is 0 Å². The van der Waals surface area contributed by atoms with E-state index in [1.54, 1.807) is 12.1 Å². The van der Waals surface area contributed by atoms with Gasteiger partial charge in [-0.25, -0.2) is 4.39 Å². The smallest absolute Gasteiger partial charge is 0.224 e. The van der Waals surface area contributed by atoms with Gasteiger partial charge in [0.1, 0.15) is 5.82 Å². The summed E-state index contributed by atoms with van der Waals surface area (Å²) in [6.45, 7) is 2.17. The quantitative estimate of drug-likeness (QED) is 0.739. The molecule has 2 N–H and O–H groups in total. The largest absolute Gasteiger partial charge is 0.355 e. The van der Waals surface area contributed by atoms with Crippen LogP contribution in [0.25, 0.3) is 0 Å². The lowest BCUT2D eigenvalue weighted by Gasteiger charge is -2.05. The van der Waals surface area contributed by atoms with Crippen molar-refractivity contribution < 1.29 is 14.0 Å². The van der Waals surface area contributed by atoms with Crippen LogP contribution < -0.4 is 10.6 Å². The molecular weight excluding hydrogens is 223 g/mol. The third-order valence-electron chi connectivity index (χ3n) is 2.07. The Morgan fingerprint density at radius 3 is 2.59 bits per heavy atom. The van der Waals surface area contributed by atoms with Gasteiger partial charge in [0, 0.05) is 20.0 Å². The minimum Gasteiger partial charge on any atom is -0.355 e. The molecule has 0 aliphatic heterocycles. The summed E-state index contributed by atoms with van der Waals surface area (Å²) in [5, 5.41) is 5.19. The van der Waals surface area contributed by atoms with Crippen LogP contribution in [0.4, 0.5) is 4.39 Å². The first-order valence-electron chi connectivity index (χ1n) is 5.33. The van der Waals surface area contributed by atoms with Gasteiger partial charge in [0.2, 0.25) is 11.8 Å². The van der Waals surface area contributed by atoms with Crippen molar-refractivity contribution >= 4 is 11.8 Å². The molecule has 0 unspecified atom stereocenters. The number of hydrogen-bond donors (Lipinski definition) is 2. The Labute approximate surface area is 99.2 Å². The highest BCUT2D eigenvalue weighted by molar-refractivity contribution is 5.78. The first-order chi connectivity index (χ1) is 8.08. The molecular formula is C12H15FN2O2. The first kappa shape index (κ1) is 13.2. The van der Waals surface area contributed by atoms with Crippen molar-refractivity contribution in [3.05, 3.63) is 35.6 Å². The molecule has 0 heterocycles. The molecule has 5 heteroatoms. The molecule has 92 valence electrons. The lowest BCUT2D eigenvalue weighted by molar-refractivity contribution is -0.121. The monoisotopic (exact) mass is 238 g/mol. The molecule has 0 saturated heterocycles. The van der Waals surface area contributed by atoms with Gasteiger partial charge in [-0.3, -0.25) is 9.59 Å². The highest BCUT2D eigenvalue weighted by Gasteiger charge is 2.03. The summed E-state index contributed by atoms with van der Waals surface area (Å²) in [5.41, 5.74) is 0.627. The van der Waals surface area contributed by atoms with Crippen LogP contribution in [0, 0.1) is 5.82 Å². The van der Waals surface area contributed by atoms with Crippen LogP contribution >= 0.6 is 0 Å². The number of nitrogens with one attached hydrogen (secondary N) is 2. The zero-order valence-corrected chi connectivity index (χ0v) is 9.63. The summed E-state index contributed by atoms with van der Waals surface area (Å²) in [6.07, 6.45) is 0.137. The molecule has 0 radical (unpaired) electrons. The second-order valence-electron chi connectivity index (χ2n) is 3.64. The summed E-state index contributed by atoms with van der Waals surface area (Å²) >= 11 is 0. The minimum atomic E-state index is -0.353. The van der Waals surface area contributed by atoms with Gasteiger partial charge in [-0.05, 0) is 17.7 Å². The second kappa shape index (κ2) is 6.62. The highest BCUT2D eigenvalue weighted by Crippen LogP contribution is 2.03. The van der Waals surface area contributed by atoms with Crippen LogP contribution in [-0.4, -0.2) is 24.9 Å². The fourth-order valence-electron chi connectivity index (χ4n) is 1.34. The van der Waals surface area contributed by atoms with Crippen molar-refractivity contribution in [3.8, 4) is 0 Å².